The zero-order valence-corrected chi connectivity index (χ0v) is 11.7. The van der Waals surface area contributed by atoms with E-state index in [0.717, 1.165) is 16.3 Å². The smallest absolute Gasteiger partial charge is 0.357 e. The highest BCUT2D eigenvalue weighted by Crippen LogP contribution is 2.27. The van der Waals surface area contributed by atoms with Gasteiger partial charge in [-0.15, -0.1) is 11.3 Å². The molecule has 2 aromatic rings. The quantitative estimate of drug-likeness (QED) is 0.871. The Balaban J connectivity index is 2.21. The minimum Gasteiger partial charge on any atom is -0.497 e. The van der Waals surface area contributed by atoms with Crippen molar-refractivity contribution in [3.05, 3.63) is 34.8 Å². The molecule has 0 radical (unpaired) electrons. The van der Waals surface area contributed by atoms with Gasteiger partial charge in [-0.3, -0.25) is 0 Å². The van der Waals surface area contributed by atoms with Crippen LogP contribution in [0.15, 0.2) is 24.3 Å². The van der Waals surface area contributed by atoms with Crippen LogP contribution in [-0.4, -0.2) is 25.2 Å². The molecule has 0 aliphatic rings. The van der Waals surface area contributed by atoms with Gasteiger partial charge in [0.15, 0.2) is 10.8 Å². The summed E-state index contributed by atoms with van der Waals surface area (Å²) in [5, 5.41) is 3.78. The number of hydrogen-bond acceptors (Lipinski definition) is 6. The number of esters is 1. The standard InChI is InChI=1S/C13H14N2O3S/c1-8-11(12(16)18-3)15-13(19-8)14-9-5-4-6-10(7-9)17-2/h4-7H,1-3H3,(H,14,15). The van der Waals surface area contributed by atoms with Gasteiger partial charge in [-0.25, -0.2) is 9.78 Å². The molecule has 1 aromatic carbocycles. The zero-order chi connectivity index (χ0) is 13.8. The van der Waals surface area contributed by atoms with Crippen LogP contribution in [0, 0.1) is 6.92 Å². The lowest BCUT2D eigenvalue weighted by atomic mass is 10.3. The van der Waals surface area contributed by atoms with Crippen LogP contribution in [0.1, 0.15) is 15.4 Å². The maximum atomic E-state index is 11.5. The first-order valence-electron chi connectivity index (χ1n) is 5.61. The van der Waals surface area contributed by atoms with E-state index in [1.54, 1.807) is 7.11 Å². The summed E-state index contributed by atoms with van der Waals surface area (Å²) in [7, 11) is 2.96. The number of anilines is 2. The van der Waals surface area contributed by atoms with Gasteiger partial charge >= 0.3 is 5.97 Å². The number of nitrogens with one attached hydrogen (secondary N) is 1. The van der Waals surface area contributed by atoms with Crippen molar-refractivity contribution in [1.29, 1.82) is 0 Å². The number of hydrogen-bond donors (Lipinski definition) is 1. The van der Waals surface area contributed by atoms with E-state index in [-0.39, 0.29) is 0 Å². The second kappa shape index (κ2) is 5.71. The molecule has 0 aliphatic carbocycles. The third kappa shape index (κ3) is 3.03. The van der Waals surface area contributed by atoms with Crippen LogP contribution in [0.25, 0.3) is 0 Å². The fourth-order valence-corrected chi connectivity index (χ4v) is 2.38. The van der Waals surface area contributed by atoms with Gasteiger partial charge in [0.2, 0.25) is 0 Å². The monoisotopic (exact) mass is 278 g/mol. The molecular weight excluding hydrogens is 264 g/mol. The average molecular weight is 278 g/mol. The highest BCUT2D eigenvalue weighted by atomic mass is 32.1. The third-order valence-electron chi connectivity index (χ3n) is 2.50. The lowest BCUT2D eigenvalue weighted by Crippen LogP contribution is -2.03. The van der Waals surface area contributed by atoms with Crippen molar-refractivity contribution in [2.24, 2.45) is 0 Å². The molecule has 19 heavy (non-hydrogen) atoms. The van der Waals surface area contributed by atoms with E-state index in [1.165, 1.54) is 18.4 Å². The fourth-order valence-electron chi connectivity index (χ4n) is 1.56. The summed E-state index contributed by atoms with van der Waals surface area (Å²) in [5.41, 5.74) is 1.20. The van der Waals surface area contributed by atoms with Crippen LogP contribution in [-0.2, 0) is 4.74 Å². The fraction of sp³-hybridized carbons (Fsp3) is 0.231. The molecule has 0 spiro atoms. The van der Waals surface area contributed by atoms with Crippen molar-refractivity contribution in [3.63, 3.8) is 0 Å². The minimum atomic E-state index is -0.424. The van der Waals surface area contributed by atoms with Crippen LogP contribution in [0.4, 0.5) is 10.8 Å². The number of carbonyl (C=O) groups is 1. The summed E-state index contributed by atoms with van der Waals surface area (Å²) in [4.78, 5) is 16.5. The van der Waals surface area contributed by atoms with Gasteiger partial charge in [0, 0.05) is 16.6 Å². The molecule has 1 aromatic heterocycles. The van der Waals surface area contributed by atoms with Gasteiger partial charge in [0.1, 0.15) is 5.75 Å². The van der Waals surface area contributed by atoms with Gasteiger partial charge in [-0.05, 0) is 19.1 Å². The molecular formula is C13H14N2O3S. The Morgan fingerprint density at radius 2 is 2.16 bits per heavy atom. The molecule has 0 amide bonds. The van der Waals surface area contributed by atoms with Gasteiger partial charge < -0.3 is 14.8 Å². The van der Waals surface area contributed by atoms with E-state index in [2.05, 4.69) is 15.0 Å². The lowest BCUT2D eigenvalue weighted by molar-refractivity contribution is 0.0594. The Labute approximate surface area is 115 Å². The number of carbonyl (C=O) groups excluding carboxylic acids is 1. The molecule has 5 nitrogen and oxygen atoms in total. The van der Waals surface area contributed by atoms with Crippen molar-refractivity contribution in [1.82, 2.24) is 4.98 Å². The molecule has 2 rings (SSSR count). The van der Waals surface area contributed by atoms with E-state index in [4.69, 9.17) is 4.74 Å². The summed E-state index contributed by atoms with van der Waals surface area (Å²) >= 11 is 1.40. The number of nitrogens with zero attached hydrogens (tertiary/aromatic N) is 1. The van der Waals surface area contributed by atoms with Crippen molar-refractivity contribution in [3.8, 4) is 5.75 Å². The first-order chi connectivity index (χ1) is 9.13. The zero-order valence-electron chi connectivity index (χ0n) is 10.9. The van der Waals surface area contributed by atoms with E-state index < -0.39 is 5.97 Å². The molecule has 0 saturated carbocycles. The van der Waals surface area contributed by atoms with Crippen LogP contribution >= 0.6 is 11.3 Å². The second-order valence-corrected chi connectivity index (χ2v) is 4.98. The lowest BCUT2D eigenvalue weighted by Gasteiger charge is -2.04. The highest BCUT2D eigenvalue weighted by molar-refractivity contribution is 7.15. The van der Waals surface area contributed by atoms with Gasteiger partial charge in [-0.2, -0.15) is 0 Å². The second-order valence-electron chi connectivity index (χ2n) is 3.77. The van der Waals surface area contributed by atoms with E-state index in [1.807, 2.05) is 31.2 Å². The molecule has 1 N–H and O–H groups in total. The van der Waals surface area contributed by atoms with Crippen molar-refractivity contribution in [2.45, 2.75) is 6.92 Å². The Kier molecular flexibility index (Phi) is 4.01. The summed E-state index contributed by atoms with van der Waals surface area (Å²) in [6, 6.07) is 7.49. The number of aryl methyl sites for hydroxylation is 1. The van der Waals surface area contributed by atoms with Crippen molar-refractivity contribution < 1.29 is 14.3 Å². The van der Waals surface area contributed by atoms with Crippen LogP contribution < -0.4 is 10.1 Å². The number of ether oxygens (including phenoxy) is 2. The summed E-state index contributed by atoms with van der Waals surface area (Å²) in [6.45, 7) is 1.83. The molecule has 0 saturated heterocycles. The number of aromatic nitrogens is 1. The Morgan fingerprint density at radius 3 is 2.84 bits per heavy atom. The molecule has 0 fully saturated rings. The van der Waals surface area contributed by atoms with E-state index in [9.17, 15) is 4.79 Å². The highest BCUT2D eigenvalue weighted by Gasteiger charge is 2.15. The van der Waals surface area contributed by atoms with Crippen molar-refractivity contribution in [2.75, 3.05) is 19.5 Å². The summed E-state index contributed by atoms with van der Waals surface area (Å²) in [6.07, 6.45) is 0. The summed E-state index contributed by atoms with van der Waals surface area (Å²) < 4.78 is 9.82. The van der Waals surface area contributed by atoms with Gasteiger partial charge in [0.25, 0.3) is 0 Å². The topological polar surface area (TPSA) is 60.5 Å². The normalized spacial score (nSPS) is 10.1. The Bertz CT molecular complexity index is 595. The first-order valence-corrected chi connectivity index (χ1v) is 6.42. The maximum Gasteiger partial charge on any atom is 0.357 e. The maximum absolute atomic E-state index is 11.5. The number of rotatable bonds is 4. The largest absolute Gasteiger partial charge is 0.497 e. The van der Waals surface area contributed by atoms with Crippen LogP contribution in [0.3, 0.4) is 0 Å². The third-order valence-corrected chi connectivity index (χ3v) is 3.38. The van der Waals surface area contributed by atoms with Crippen molar-refractivity contribution >= 4 is 28.1 Å². The van der Waals surface area contributed by atoms with Crippen LogP contribution in [0.2, 0.25) is 0 Å². The molecule has 6 heteroatoms. The van der Waals surface area contributed by atoms with E-state index >= 15 is 0 Å². The molecule has 0 aliphatic heterocycles. The average Bonchev–Trinajstić information content (AvgIpc) is 2.79. The first kappa shape index (κ1) is 13.4. The minimum absolute atomic E-state index is 0.345. The molecule has 100 valence electrons. The molecule has 0 bridgehead atoms. The van der Waals surface area contributed by atoms with E-state index in [0.29, 0.717) is 10.8 Å². The summed E-state index contributed by atoms with van der Waals surface area (Å²) in [5.74, 6) is 0.332. The number of methoxy groups -OCH3 is 2. The predicted molar refractivity (Wildman–Crippen MR) is 74.5 cm³/mol. The van der Waals surface area contributed by atoms with Crippen LogP contribution in [0.5, 0.6) is 5.75 Å². The SMILES string of the molecule is COC(=O)c1nc(Nc2cccc(OC)c2)sc1C. The predicted octanol–water partition coefficient (Wildman–Crippen LogP) is 2.99. The molecule has 0 atom stereocenters. The van der Waals surface area contributed by atoms with Gasteiger partial charge in [0.05, 0.1) is 14.2 Å². The number of thiazole rings is 1. The Morgan fingerprint density at radius 1 is 1.37 bits per heavy atom. The van der Waals surface area contributed by atoms with Gasteiger partial charge in [-0.1, -0.05) is 6.07 Å². The Hall–Kier alpha value is -2.08. The molecule has 1 heterocycles. The number of benzene rings is 1. The molecule has 0 unspecified atom stereocenters.